The predicted molar refractivity (Wildman–Crippen MR) is 38.2 cm³/mol. The third-order valence-corrected chi connectivity index (χ3v) is 1.41. The molecule has 1 aliphatic rings. The molecule has 0 saturated carbocycles. The van der Waals surface area contributed by atoms with Crippen molar-refractivity contribution in [2.45, 2.75) is 18.9 Å². The lowest BCUT2D eigenvalue weighted by atomic mass is 10.1. The number of hydrogen-bond acceptors (Lipinski definition) is 4. The van der Waals surface area contributed by atoms with E-state index in [2.05, 4.69) is 5.16 Å². The molecule has 1 rings (SSSR count). The second kappa shape index (κ2) is 3.34. The topological polar surface area (TPSA) is 84.9 Å². The molecule has 62 valence electrons. The summed E-state index contributed by atoms with van der Waals surface area (Å²) in [5, 5.41) is 11.9. The van der Waals surface area contributed by atoms with Crippen LogP contribution in [0.4, 0.5) is 0 Å². The number of nitrogens with two attached hydrogens (primary N) is 1. The van der Waals surface area contributed by atoms with E-state index in [-0.39, 0.29) is 12.5 Å². The molecule has 5 heteroatoms. The first-order valence-corrected chi connectivity index (χ1v) is 3.36. The maximum absolute atomic E-state index is 10.2. The largest absolute Gasteiger partial charge is 0.481 e. The highest BCUT2D eigenvalue weighted by atomic mass is 16.6. The molecule has 0 spiro atoms. The van der Waals surface area contributed by atoms with Crippen LogP contribution in [0.2, 0.25) is 0 Å². The number of carboxylic acid groups (broad SMARTS) is 1. The van der Waals surface area contributed by atoms with E-state index in [4.69, 9.17) is 15.7 Å². The second-order valence-electron chi connectivity index (χ2n) is 2.40. The minimum absolute atomic E-state index is 0.0451. The van der Waals surface area contributed by atoms with Gasteiger partial charge in [-0.15, -0.1) is 0 Å². The Morgan fingerprint density at radius 1 is 1.91 bits per heavy atom. The van der Waals surface area contributed by atoms with Gasteiger partial charge in [0.2, 0.25) is 0 Å². The molecule has 0 bridgehead atoms. The van der Waals surface area contributed by atoms with Crippen molar-refractivity contribution in [1.29, 1.82) is 0 Å². The number of carbonyl (C=O) groups is 1. The highest BCUT2D eigenvalue weighted by Crippen LogP contribution is 2.10. The van der Waals surface area contributed by atoms with Gasteiger partial charge in [-0.05, 0) is 0 Å². The van der Waals surface area contributed by atoms with E-state index in [1.54, 1.807) is 0 Å². The number of aliphatic carboxylic acids is 1. The van der Waals surface area contributed by atoms with Crippen LogP contribution in [0.1, 0.15) is 12.8 Å². The molecule has 1 heterocycles. The number of rotatable bonds is 3. The van der Waals surface area contributed by atoms with Crippen molar-refractivity contribution in [2.24, 2.45) is 10.9 Å². The summed E-state index contributed by atoms with van der Waals surface area (Å²) in [6.07, 6.45) is 0.378. The average Bonchev–Trinajstić information content (AvgIpc) is 2.34. The van der Waals surface area contributed by atoms with Gasteiger partial charge in [0, 0.05) is 13.0 Å². The molecule has 0 amide bonds. The van der Waals surface area contributed by atoms with Crippen LogP contribution in [0.5, 0.6) is 0 Å². The molecule has 0 aromatic heterocycles. The van der Waals surface area contributed by atoms with Crippen LogP contribution in [0.3, 0.4) is 0 Å². The van der Waals surface area contributed by atoms with Crippen molar-refractivity contribution in [3.63, 3.8) is 0 Å². The van der Waals surface area contributed by atoms with Gasteiger partial charge in [0.05, 0.1) is 12.1 Å². The van der Waals surface area contributed by atoms with Crippen molar-refractivity contribution in [3.05, 3.63) is 0 Å². The number of carboxylic acids is 1. The van der Waals surface area contributed by atoms with Crippen LogP contribution < -0.4 is 5.73 Å². The Labute approximate surface area is 63.8 Å². The van der Waals surface area contributed by atoms with E-state index in [1.807, 2.05) is 0 Å². The Morgan fingerprint density at radius 3 is 3.09 bits per heavy atom. The third-order valence-electron chi connectivity index (χ3n) is 1.41. The number of oxime groups is 1. The average molecular weight is 158 g/mol. The Morgan fingerprint density at radius 2 is 2.64 bits per heavy atom. The first-order valence-electron chi connectivity index (χ1n) is 3.36. The summed E-state index contributed by atoms with van der Waals surface area (Å²) in [5.41, 5.74) is 5.84. The standard InChI is InChI=1S/C6H10N2O3/c7-3-5-1-4(8-11-5)2-6(9)10/h5H,1-3,7H2,(H,9,10). The Balaban J connectivity index is 2.34. The van der Waals surface area contributed by atoms with Gasteiger partial charge in [-0.2, -0.15) is 0 Å². The van der Waals surface area contributed by atoms with E-state index < -0.39 is 5.97 Å². The maximum atomic E-state index is 10.2. The smallest absolute Gasteiger partial charge is 0.309 e. The van der Waals surface area contributed by atoms with Gasteiger partial charge in [-0.1, -0.05) is 5.16 Å². The van der Waals surface area contributed by atoms with E-state index in [9.17, 15) is 4.79 Å². The summed E-state index contributed by atoms with van der Waals surface area (Å²) in [7, 11) is 0. The Kier molecular flexibility index (Phi) is 2.43. The lowest BCUT2D eigenvalue weighted by molar-refractivity contribution is -0.135. The minimum Gasteiger partial charge on any atom is -0.481 e. The zero-order valence-corrected chi connectivity index (χ0v) is 5.99. The summed E-state index contributed by atoms with van der Waals surface area (Å²) in [6, 6.07) is 0. The fourth-order valence-corrected chi connectivity index (χ4v) is 0.892. The van der Waals surface area contributed by atoms with Crippen molar-refractivity contribution in [1.82, 2.24) is 0 Å². The molecule has 1 unspecified atom stereocenters. The predicted octanol–water partition coefficient (Wildman–Crippen LogP) is -0.435. The summed E-state index contributed by atoms with van der Waals surface area (Å²) in [6.45, 7) is 0.382. The molecule has 11 heavy (non-hydrogen) atoms. The molecule has 3 N–H and O–H groups in total. The van der Waals surface area contributed by atoms with Gasteiger partial charge in [0.1, 0.15) is 6.10 Å². The molecule has 0 aromatic carbocycles. The minimum atomic E-state index is -0.884. The van der Waals surface area contributed by atoms with Crippen LogP contribution in [-0.4, -0.2) is 29.4 Å². The first-order chi connectivity index (χ1) is 5.22. The number of hydrogen-bond donors (Lipinski definition) is 2. The SMILES string of the molecule is NCC1CC(CC(=O)O)=NO1. The molecule has 1 aliphatic heterocycles. The monoisotopic (exact) mass is 158 g/mol. The highest BCUT2D eigenvalue weighted by Gasteiger charge is 2.20. The van der Waals surface area contributed by atoms with Gasteiger partial charge in [0.25, 0.3) is 0 Å². The molecule has 0 aromatic rings. The van der Waals surface area contributed by atoms with Gasteiger partial charge in [-0.25, -0.2) is 0 Å². The van der Waals surface area contributed by atoms with Gasteiger partial charge < -0.3 is 15.7 Å². The zero-order chi connectivity index (χ0) is 8.27. The van der Waals surface area contributed by atoms with E-state index in [0.717, 1.165) is 0 Å². The normalized spacial score (nSPS) is 22.6. The molecule has 0 fully saturated rings. The first kappa shape index (κ1) is 8.00. The quantitative estimate of drug-likeness (QED) is 0.583. The second-order valence-corrected chi connectivity index (χ2v) is 2.40. The Bertz CT molecular complexity index is 190. The lowest BCUT2D eigenvalue weighted by Crippen LogP contribution is -2.20. The highest BCUT2D eigenvalue weighted by molar-refractivity contribution is 5.98. The molecular formula is C6H10N2O3. The van der Waals surface area contributed by atoms with Crippen LogP contribution in [0.15, 0.2) is 5.16 Å². The van der Waals surface area contributed by atoms with Gasteiger partial charge >= 0.3 is 5.97 Å². The van der Waals surface area contributed by atoms with Crippen molar-refractivity contribution >= 4 is 11.7 Å². The van der Waals surface area contributed by atoms with Crippen molar-refractivity contribution in [2.75, 3.05) is 6.54 Å². The Hall–Kier alpha value is -1.10. The summed E-state index contributed by atoms with van der Waals surface area (Å²) in [4.78, 5) is 15.0. The summed E-state index contributed by atoms with van der Waals surface area (Å²) < 4.78 is 0. The molecular weight excluding hydrogens is 148 g/mol. The zero-order valence-electron chi connectivity index (χ0n) is 5.99. The van der Waals surface area contributed by atoms with E-state index in [1.165, 1.54) is 0 Å². The van der Waals surface area contributed by atoms with Gasteiger partial charge in [0.15, 0.2) is 0 Å². The fourth-order valence-electron chi connectivity index (χ4n) is 0.892. The summed E-state index contributed by atoms with van der Waals surface area (Å²) >= 11 is 0. The fraction of sp³-hybridized carbons (Fsp3) is 0.667. The van der Waals surface area contributed by atoms with Crippen LogP contribution in [0.25, 0.3) is 0 Å². The van der Waals surface area contributed by atoms with Crippen LogP contribution >= 0.6 is 0 Å². The summed E-state index contributed by atoms with van der Waals surface area (Å²) in [5.74, 6) is -0.884. The van der Waals surface area contributed by atoms with Crippen LogP contribution in [0, 0.1) is 0 Å². The molecule has 0 radical (unpaired) electrons. The van der Waals surface area contributed by atoms with Crippen molar-refractivity contribution < 1.29 is 14.7 Å². The molecule has 5 nitrogen and oxygen atoms in total. The van der Waals surface area contributed by atoms with E-state index >= 15 is 0 Å². The van der Waals surface area contributed by atoms with Crippen LogP contribution in [-0.2, 0) is 9.63 Å². The lowest BCUT2D eigenvalue weighted by Gasteiger charge is -2.00. The number of nitrogens with zero attached hydrogens (tertiary/aromatic N) is 1. The van der Waals surface area contributed by atoms with E-state index in [0.29, 0.717) is 18.7 Å². The molecule has 0 aliphatic carbocycles. The molecule has 0 saturated heterocycles. The molecule has 1 atom stereocenters. The van der Waals surface area contributed by atoms with Gasteiger partial charge in [-0.3, -0.25) is 4.79 Å². The third kappa shape index (κ3) is 2.19. The van der Waals surface area contributed by atoms with Crippen molar-refractivity contribution in [3.8, 4) is 0 Å². The maximum Gasteiger partial charge on any atom is 0.309 e.